The van der Waals surface area contributed by atoms with Crippen LogP contribution in [0.25, 0.3) is 11.1 Å². The standard InChI is InChI=1S/C17H18.C3H8/c1-3-17(4-2)15-11-7-5-9-13(15)14-10-6-8-12-16(14)17;1-3-2/h5-12H,3-4H2,1-2H3;3H2,1-2H3. The van der Waals surface area contributed by atoms with Gasteiger partial charge in [-0.2, -0.15) is 0 Å². The fourth-order valence-electron chi connectivity index (χ4n) is 3.43. The van der Waals surface area contributed by atoms with E-state index < -0.39 is 0 Å². The van der Waals surface area contributed by atoms with Crippen molar-refractivity contribution in [2.24, 2.45) is 0 Å². The van der Waals surface area contributed by atoms with Gasteiger partial charge in [0.15, 0.2) is 0 Å². The van der Waals surface area contributed by atoms with Crippen molar-refractivity contribution >= 4 is 0 Å². The van der Waals surface area contributed by atoms with Crippen molar-refractivity contribution in [1.82, 2.24) is 0 Å². The SMILES string of the molecule is CCC.CCC1(CC)c2ccccc2-c2ccccc21. The molecule has 0 radical (unpaired) electrons. The van der Waals surface area contributed by atoms with E-state index in [0.717, 1.165) is 0 Å². The van der Waals surface area contributed by atoms with E-state index in [4.69, 9.17) is 0 Å². The summed E-state index contributed by atoms with van der Waals surface area (Å²) < 4.78 is 0. The highest BCUT2D eigenvalue weighted by Gasteiger charge is 2.39. The average molecular weight is 266 g/mol. The van der Waals surface area contributed by atoms with E-state index in [1.807, 2.05) is 0 Å². The molecule has 0 saturated carbocycles. The van der Waals surface area contributed by atoms with Crippen molar-refractivity contribution in [2.75, 3.05) is 0 Å². The maximum atomic E-state index is 2.31. The minimum absolute atomic E-state index is 0.243. The highest BCUT2D eigenvalue weighted by atomic mass is 14.4. The largest absolute Gasteiger partial charge is 0.0656 e. The number of hydrogen-bond acceptors (Lipinski definition) is 0. The smallest absolute Gasteiger partial charge is 0.0210 e. The summed E-state index contributed by atoms with van der Waals surface area (Å²) >= 11 is 0. The Bertz CT molecular complexity index is 514. The molecule has 0 saturated heterocycles. The summed E-state index contributed by atoms with van der Waals surface area (Å²) in [5.41, 5.74) is 6.16. The van der Waals surface area contributed by atoms with Gasteiger partial charge in [-0.3, -0.25) is 0 Å². The zero-order valence-corrected chi connectivity index (χ0v) is 13.2. The van der Waals surface area contributed by atoms with E-state index in [0.29, 0.717) is 0 Å². The molecule has 1 aliphatic carbocycles. The Kier molecular flexibility index (Phi) is 4.65. The van der Waals surface area contributed by atoms with Gasteiger partial charge in [0.25, 0.3) is 0 Å². The average Bonchev–Trinajstić information content (AvgIpc) is 2.79. The molecule has 0 fully saturated rings. The van der Waals surface area contributed by atoms with Crippen LogP contribution >= 0.6 is 0 Å². The number of rotatable bonds is 2. The molecule has 0 aromatic heterocycles. The molecule has 3 rings (SSSR count). The zero-order chi connectivity index (χ0) is 14.6. The van der Waals surface area contributed by atoms with Crippen LogP contribution in [0.3, 0.4) is 0 Å². The number of benzene rings is 2. The molecule has 20 heavy (non-hydrogen) atoms. The molecular weight excluding hydrogens is 240 g/mol. The van der Waals surface area contributed by atoms with Crippen molar-refractivity contribution in [3.05, 3.63) is 59.7 Å². The van der Waals surface area contributed by atoms with Crippen molar-refractivity contribution in [3.8, 4) is 11.1 Å². The second-order valence-corrected chi connectivity index (χ2v) is 5.59. The monoisotopic (exact) mass is 266 g/mol. The molecule has 2 aromatic carbocycles. The number of hydrogen-bond donors (Lipinski definition) is 0. The van der Waals surface area contributed by atoms with Gasteiger partial charge in [0.1, 0.15) is 0 Å². The van der Waals surface area contributed by atoms with Crippen LogP contribution in [0.5, 0.6) is 0 Å². The van der Waals surface area contributed by atoms with E-state index in [9.17, 15) is 0 Å². The Morgan fingerprint density at radius 3 is 1.35 bits per heavy atom. The maximum absolute atomic E-state index is 2.31. The van der Waals surface area contributed by atoms with E-state index in [1.54, 1.807) is 0 Å². The molecule has 0 bridgehead atoms. The topological polar surface area (TPSA) is 0 Å². The summed E-state index contributed by atoms with van der Waals surface area (Å²) in [6.45, 7) is 8.87. The lowest BCUT2D eigenvalue weighted by molar-refractivity contribution is 0.490. The lowest BCUT2D eigenvalue weighted by Gasteiger charge is -2.29. The molecule has 0 atom stereocenters. The lowest BCUT2D eigenvalue weighted by Crippen LogP contribution is -2.22. The van der Waals surface area contributed by atoms with Gasteiger partial charge in [-0.05, 0) is 35.1 Å². The van der Waals surface area contributed by atoms with Crippen molar-refractivity contribution in [1.29, 1.82) is 0 Å². The fourth-order valence-corrected chi connectivity index (χ4v) is 3.43. The quantitative estimate of drug-likeness (QED) is 0.608. The van der Waals surface area contributed by atoms with Crippen LogP contribution in [0.1, 0.15) is 58.1 Å². The van der Waals surface area contributed by atoms with Gasteiger partial charge < -0.3 is 0 Å². The first-order valence-corrected chi connectivity index (χ1v) is 7.94. The van der Waals surface area contributed by atoms with Gasteiger partial charge >= 0.3 is 0 Å². The van der Waals surface area contributed by atoms with Gasteiger partial charge in [-0.15, -0.1) is 0 Å². The maximum Gasteiger partial charge on any atom is 0.0210 e. The molecule has 0 unspecified atom stereocenters. The molecule has 1 aliphatic rings. The van der Waals surface area contributed by atoms with Crippen LogP contribution < -0.4 is 0 Å². The van der Waals surface area contributed by atoms with Gasteiger partial charge in [0.05, 0.1) is 0 Å². The van der Waals surface area contributed by atoms with Crippen LogP contribution in [0.4, 0.5) is 0 Å². The van der Waals surface area contributed by atoms with Crippen LogP contribution in [0.15, 0.2) is 48.5 Å². The zero-order valence-electron chi connectivity index (χ0n) is 13.2. The summed E-state index contributed by atoms with van der Waals surface area (Å²) in [6, 6.07) is 17.8. The minimum atomic E-state index is 0.243. The second-order valence-electron chi connectivity index (χ2n) is 5.59. The third-order valence-corrected chi connectivity index (χ3v) is 4.38. The van der Waals surface area contributed by atoms with Crippen LogP contribution in [-0.4, -0.2) is 0 Å². The molecule has 0 amide bonds. The highest BCUT2D eigenvalue weighted by molar-refractivity contribution is 5.80. The van der Waals surface area contributed by atoms with Crippen LogP contribution in [0.2, 0.25) is 0 Å². The Hall–Kier alpha value is -1.56. The van der Waals surface area contributed by atoms with Crippen LogP contribution in [0, 0.1) is 0 Å². The Labute approximate surface area is 123 Å². The summed E-state index contributed by atoms with van der Waals surface area (Å²) in [7, 11) is 0. The molecule has 0 nitrogen and oxygen atoms in total. The molecule has 106 valence electrons. The van der Waals surface area contributed by atoms with E-state index in [1.165, 1.54) is 41.5 Å². The summed E-state index contributed by atoms with van der Waals surface area (Å²) in [6.07, 6.45) is 3.61. The van der Waals surface area contributed by atoms with E-state index in [-0.39, 0.29) is 5.41 Å². The van der Waals surface area contributed by atoms with Gasteiger partial charge in [0.2, 0.25) is 0 Å². The fraction of sp³-hybridized carbons (Fsp3) is 0.400. The first-order valence-electron chi connectivity index (χ1n) is 7.94. The normalized spacial score (nSPS) is 14.0. The predicted octanol–water partition coefficient (Wildman–Crippen LogP) is 6.19. The molecular formula is C20H26. The third kappa shape index (κ3) is 2.18. The van der Waals surface area contributed by atoms with E-state index in [2.05, 4.69) is 76.2 Å². The van der Waals surface area contributed by atoms with Crippen molar-refractivity contribution < 1.29 is 0 Å². The van der Waals surface area contributed by atoms with Gasteiger partial charge in [-0.25, -0.2) is 0 Å². The minimum Gasteiger partial charge on any atom is -0.0656 e. The van der Waals surface area contributed by atoms with Crippen molar-refractivity contribution in [2.45, 2.75) is 52.4 Å². The highest BCUT2D eigenvalue weighted by Crippen LogP contribution is 2.52. The van der Waals surface area contributed by atoms with Gasteiger partial charge in [-0.1, -0.05) is 82.6 Å². The first-order chi connectivity index (χ1) is 9.75. The summed E-state index contributed by atoms with van der Waals surface area (Å²) in [5.74, 6) is 0. The molecule has 0 spiro atoms. The summed E-state index contributed by atoms with van der Waals surface area (Å²) in [5, 5.41) is 0. The predicted molar refractivity (Wildman–Crippen MR) is 89.2 cm³/mol. The summed E-state index contributed by atoms with van der Waals surface area (Å²) in [4.78, 5) is 0. The Balaban J connectivity index is 0.000000452. The molecule has 0 heterocycles. The Morgan fingerprint density at radius 2 is 1.00 bits per heavy atom. The second kappa shape index (κ2) is 6.26. The molecule has 2 aromatic rings. The molecule has 0 N–H and O–H groups in total. The molecule has 0 aliphatic heterocycles. The van der Waals surface area contributed by atoms with Gasteiger partial charge in [0, 0.05) is 5.41 Å². The van der Waals surface area contributed by atoms with E-state index >= 15 is 0 Å². The van der Waals surface area contributed by atoms with Crippen molar-refractivity contribution in [3.63, 3.8) is 0 Å². The molecule has 0 heteroatoms. The first kappa shape index (κ1) is 14.8. The third-order valence-electron chi connectivity index (χ3n) is 4.38. The lowest BCUT2D eigenvalue weighted by atomic mass is 9.74. The Morgan fingerprint density at radius 1 is 0.650 bits per heavy atom. The number of fused-ring (bicyclic) bond motifs is 3. The van der Waals surface area contributed by atoms with Crippen LogP contribution in [-0.2, 0) is 5.41 Å².